The predicted octanol–water partition coefficient (Wildman–Crippen LogP) is 13.3. The van der Waals surface area contributed by atoms with Crippen LogP contribution in [0.25, 0.3) is 73.0 Å². The second-order valence-electron chi connectivity index (χ2n) is 12.1. The summed E-state index contributed by atoms with van der Waals surface area (Å²) in [5.74, 6) is 0. The first-order valence-corrected chi connectivity index (χ1v) is 17.4. The van der Waals surface area contributed by atoms with Crippen LogP contribution in [0.4, 0.5) is 17.1 Å². The Hall–Kier alpha value is -5.55. The minimum Gasteiger partial charge on any atom is -0.310 e. The molecule has 0 amide bonds. The second-order valence-corrected chi connectivity index (χ2v) is 14.2. The molecule has 0 aliphatic carbocycles. The summed E-state index contributed by atoms with van der Waals surface area (Å²) in [5, 5.41) is 10.3. The molecular formula is C43H26N2S2. The summed E-state index contributed by atoms with van der Waals surface area (Å²) in [7, 11) is 0. The standard InChI is InChI=1S/C43H26N2S2/c1-3-7-40-36(5-1)38-23-31-21-34(15-11-29(31)25-42(38)46-40)45(33-13-9-27(10-14-33)28-17-19-44-20-18-28)35-16-12-30-26-43-39(24-32(30)22-35)37-6-2-4-8-41(37)47-43/h1-26H. The van der Waals surface area contributed by atoms with Gasteiger partial charge in [0.15, 0.2) is 0 Å². The Morgan fingerprint density at radius 1 is 0.362 bits per heavy atom. The van der Waals surface area contributed by atoms with Crippen LogP contribution in [-0.2, 0) is 0 Å². The number of fused-ring (bicyclic) bond motifs is 8. The molecule has 0 aliphatic rings. The van der Waals surface area contributed by atoms with Crippen molar-refractivity contribution in [3.8, 4) is 11.1 Å². The van der Waals surface area contributed by atoms with Crippen molar-refractivity contribution in [2.24, 2.45) is 0 Å². The van der Waals surface area contributed by atoms with Gasteiger partial charge in [0.1, 0.15) is 0 Å². The maximum Gasteiger partial charge on any atom is 0.0468 e. The first-order chi connectivity index (χ1) is 23.2. The van der Waals surface area contributed by atoms with Crippen molar-refractivity contribution in [1.82, 2.24) is 4.98 Å². The van der Waals surface area contributed by atoms with E-state index < -0.39 is 0 Å². The topological polar surface area (TPSA) is 16.1 Å². The van der Waals surface area contributed by atoms with E-state index >= 15 is 0 Å². The zero-order valence-electron chi connectivity index (χ0n) is 25.2. The number of rotatable bonds is 4. The fraction of sp³-hybridized carbons (Fsp3) is 0. The van der Waals surface area contributed by atoms with Gasteiger partial charge in [-0.2, -0.15) is 0 Å². The van der Waals surface area contributed by atoms with Gasteiger partial charge in [-0.25, -0.2) is 0 Å². The number of thiophene rings is 2. The summed E-state index contributed by atoms with van der Waals surface area (Å²) in [6.45, 7) is 0. The number of hydrogen-bond donors (Lipinski definition) is 0. The van der Waals surface area contributed by atoms with Crippen molar-refractivity contribution >= 4 is 102 Å². The van der Waals surface area contributed by atoms with Gasteiger partial charge in [-0.05, 0) is 118 Å². The number of benzene rings is 7. The molecular weight excluding hydrogens is 609 g/mol. The summed E-state index contributed by atoms with van der Waals surface area (Å²) in [4.78, 5) is 6.59. The van der Waals surface area contributed by atoms with E-state index in [4.69, 9.17) is 0 Å². The Bertz CT molecular complexity index is 2640. The zero-order chi connectivity index (χ0) is 30.9. The molecule has 220 valence electrons. The Kier molecular flexibility index (Phi) is 5.95. The molecule has 0 spiro atoms. The van der Waals surface area contributed by atoms with Gasteiger partial charge in [0.05, 0.1) is 0 Å². The average molecular weight is 635 g/mol. The molecule has 10 rings (SSSR count). The summed E-state index contributed by atoms with van der Waals surface area (Å²) in [6.07, 6.45) is 3.70. The minimum atomic E-state index is 1.12. The third-order valence-electron chi connectivity index (χ3n) is 9.29. The maximum atomic E-state index is 4.20. The van der Waals surface area contributed by atoms with Crippen LogP contribution in [0.1, 0.15) is 0 Å². The van der Waals surface area contributed by atoms with Crippen LogP contribution in [0.2, 0.25) is 0 Å². The highest BCUT2D eigenvalue weighted by molar-refractivity contribution is 7.26. The highest BCUT2D eigenvalue weighted by Crippen LogP contribution is 2.42. The lowest BCUT2D eigenvalue weighted by molar-refractivity contribution is 1.29. The van der Waals surface area contributed by atoms with E-state index in [0.717, 1.165) is 22.6 Å². The smallest absolute Gasteiger partial charge is 0.0468 e. The largest absolute Gasteiger partial charge is 0.310 e. The van der Waals surface area contributed by atoms with E-state index in [9.17, 15) is 0 Å². The lowest BCUT2D eigenvalue weighted by atomic mass is 10.0. The van der Waals surface area contributed by atoms with Gasteiger partial charge in [0.2, 0.25) is 0 Å². The van der Waals surface area contributed by atoms with Gasteiger partial charge in [-0.3, -0.25) is 4.98 Å². The lowest BCUT2D eigenvalue weighted by Gasteiger charge is -2.26. The third-order valence-corrected chi connectivity index (χ3v) is 11.6. The summed E-state index contributed by atoms with van der Waals surface area (Å²) in [5.41, 5.74) is 5.72. The Labute approximate surface area is 279 Å². The Morgan fingerprint density at radius 2 is 0.851 bits per heavy atom. The molecule has 0 aliphatic heterocycles. The van der Waals surface area contributed by atoms with Gasteiger partial charge in [0, 0.05) is 69.8 Å². The molecule has 0 fully saturated rings. The molecule has 0 unspecified atom stereocenters. The van der Waals surface area contributed by atoms with Crippen molar-refractivity contribution in [3.05, 3.63) is 158 Å². The fourth-order valence-electron chi connectivity index (χ4n) is 6.98. The maximum absolute atomic E-state index is 4.20. The summed E-state index contributed by atoms with van der Waals surface area (Å²) < 4.78 is 5.32. The normalized spacial score (nSPS) is 11.8. The van der Waals surface area contributed by atoms with Crippen molar-refractivity contribution in [2.45, 2.75) is 0 Å². The highest BCUT2D eigenvalue weighted by Gasteiger charge is 2.16. The van der Waals surface area contributed by atoms with Gasteiger partial charge >= 0.3 is 0 Å². The number of pyridine rings is 1. The van der Waals surface area contributed by atoms with Crippen LogP contribution in [0.5, 0.6) is 0 Å². The van der Waals surface area contributed by atoms with Gasteiger partial charge < -0.3 is 4.90 Å². The molecule has 0 saturated heterocycles. The van der Waals surface area contributed by atoms with Crippen LogP contribution in [0.15, 0.2) is 158 Å². The zero-order valence-corrected chi connectivity index (χ0v) is 26.9. The van der Waals surface area contributed by atoms with Crippen molar-refractivity contribution in [3.63, 3.8) is 0 Å². The third kappa shape index (κ3) is 4.41. The second kappa shape index (κ2) is 10.5. The van der Waals surface area contributed by atoms with E-state index in [1.807, 2.05) is 35.1 Å². The van der Waals surface area contributed by atoms with E-state index in [0.29, 0.717) is 0 Å². The summed E-state index contributed by atoms with van der Waals surface area (Å²) in [6, 6.07) is 53.7. The molecule has 4 heteroatoms. The number of aromatic nitrogens is 1. The number of hydrogen-bond acceptors (Lipinski definition) is 4. The summed E-state index contributed by atoms with van der Waals surface area (Å²) >= 11 is 3.74. The van der Waals surface area contributed by atoms with Crippen molar-refractivity contribution in [1.29, 1.82) is 0 Å². The van der Waals surface area contributed by atoms with Gasteiger partial charge in [-0.1, -0.05) is 60.7 Å². The quantitative estimate of drug-likeness (QED) is 0.191. The van der Waals surface area contributed by atoms with Crippen LogP contribution in [-0.4, -0.2) is 4.98 Å². The molecule has 0 radical (unpaired) electrons. The minimum absolute atomic E-state index is 1.12. The molecule has 10 aromatic rings. The Morgan fingerprint density at radius 3 is 1.40 bits per heavy atom. The average Bonchev–Trinajstić information content (AvgIpc) is 3.67. The van der Waals surface area contributed by atoms with Crippen LogP contribution < -0.4 is 4.90 Å². The number of anilines is 3. The van der Waals surface area contributed by atoms with Gasteiger partial charge in [0.25, 0.3) is 0 Å². The molecule has 0 saturated carbocycles. The van der Waals surface area contributed by atoms with Crippen LogP contribution in [0, 0.1) is 0 Å². The van der Waals surface area contributed by atoms with Crippen LogP contribution in [0.3, 0.4) is 0 Å². The van der Waals surface area contributed by atoms with Crippen molar-refractivity contribution < 1.29 is 0 Å². The monoisotopic (exact) mass is 634 g/mol. The Balaban J connectivity index is 1.16. The molecule has 7 aromatic carbocycles. The van der Waals surface area contributed by atoms with Gasteiger partial charge in [-0.15, -0.1) is 22.7 Å². The fourth-order valence-corrected chi connectivity index (χ4v) is 9.26. The molecule has 0 N–H and O–H groups in total. The molecule has 0 atom stereocenters. The van der Waals surface area contributed by atoms with Crippen molar-refractivity contribution in [2.75, 3.05) is 4.90 Å². The van der Waals surface area contributed by atoms with Crippen LogP contribution >= 0.6 is 22.7 Å². The van der Waals surface area contributed by atoms with E-state index in [-0.39, 0.29) is 0 Å². The van der Waals surface area contributed by atoms with E-state index in [1.54, 1.807) is 0 Å². The highest BCUT2D eigenvalue weighted by atomic mass is 32.1. The molecule has 3 aromatic heterocycles. The number of nitrogens with zero attached hydrogens (tertiary/aromatic N) is 2. The lowest BCUT2D eigenvalue weighted by Crippen LogP contribution is -2.09. The van der Waals surface area contributed by atoms with E-state index in [2.05, 4.69) is 155 Å². The molecule has 0 bridgehead atoms. The first kappa shape index (κ1) is 26.6. The molecule has 2 nitrogen and oxygen atoms in total. The molecule has 3 heterocycles. The van der Waals surface area contributed by atoms with E-state index in [1.165, 1.54) is 67.5 Å². The predicted molar refractivity (Wildman–Crippen MR) is 205 cm³/mol. The SMILES string of the molecule is c1ccc2c(c1)sc1cc3ccc(N(c4ccc(-c5ccncc5)cc4)c4ccc5cc6sc7ccccc7c6cc5c4)cc3cc12. The first-order valence-electron chi connectivity index (χ1n) is 15.8. The molecule has 47 heavy (non-hydrogen) atoms.